The molecule has 1 heterocycles. The van der Waals surface area contributed by atoms with Crippen molar-refractivity contribution in [2.75, 3.05) is 13.1 Å². The fourth-order valence-electron chi connectivity index (χ4n) is 1.80. The summed E-state index contributed by atoms with van der Waals surface area (Å²) in [6.45, 7) is 6.19. The zero-order chi connectivity index (χ0) is 12.7. The number of hydrogen-bond donors (Lipinski definition) is 1. The van der Waals surface area contributed by atoms with E-state index < -0.39 is 0 Å². The highest BCUT2D eigenvalue weighted by atomic mass is 32.1. The Morgan fingerprint density at radius 3 is 2.88 bits per heavy atom. The number of nitrogens with zero attached hydrogens (tertiary/aromatic N) is 1. The quantitative estimate of drug-likeness (QED) is 0.812. The molecular formula is C13H22N2OS. The van der Waals surface area contributed by atoms with E-state index in [4.69, 9.17) is 5.73 Å². The molecule has 3 nitrogen and oxygen atoms in total. The fraction of sp³-hybridized carbons (Fsp3) is 0.615. The lowest BCUT2D eigenvalue weighted by atomic mass is 10.0. The Kier molecular flexibility index (Phi) is 6.22. The third kappa shape index (κ3) is 4.48. The molecule has 0 bridgehead atoms. The van der Waals surface area contributed by atoms with Crippen molar-refractivity contribution in [3.63, 3.8) is 0 Å². The third-order valence-corrected chi connectivity index (χ3v) is 3.74. The van der Waals surface area contributed by atoms with Crippen molar-refractivity contribution in [1.29, 1.82) is 0 Å². The van der Waals surface area contributed by atoms with Gasteiger partial charge in [-0.2, -0.15) is 0 Å². The first-order valence-electron chi connectivity index (χ1n) is 6.20. The van der Waals surface area contributed by atoms with Crippen LogP contribution in [0.15, 0.2) is 17.5 Å². The number of hydrogen-bond acceptors (Lipinski definition) is 3. The van der Waals surface area contributed by atoms with Crippen LogP contribution in [0.25, 0.3) is 0 Å². The molecule has 0 radical (unpaired) electrons. The lowest BCUT2D eigenvalue weighted by Gasteiger charge is -2.23. The Hall–Kier alpha value is -0.870. The van der Waals surface area contributed by atoms with Gasteiger partial charge >= 0.3 is 0 Å². The van der Waals surface area contributed by atoms with Crippen LogP contribution in [0.3, 0.4) is 0 Å². The van der Waals surface area contributed by atoms with Crippen LogP contribution in [0.5, 0.6) is 0 Å². The van der Waals surface area contributed by atoms with Crippen LogP contribution in [0.2, 0.25) is 0 Å². The molecule has 0 aliphatic carbocycles. The molecule has 0 saturated heterocycles. The van der Waals surface area contributed by atoms with Crippen molar-refractivity contribution in [3.05, 3.63) is 22.4 Å². The molecule has 0 aliphatic heterocycles. The van der Waals surface area contributed by atoms with Gasteiger partial charge in [0, 0.05) is 17.3 Å². The molecule has 0 aliphatic rings. The van der Waals surface area contributed by atoms with Crippen molar-refractivity contribution in [3.8, 4) is 0 Å². The fourth-order valence-corrected chi connectivity index (χ4v) is 2.51. The Morgan fingerprint density at radius 2 is 2.35 bits per heavy atom. The van der Waals surface area contributed by atoms with Crippen LogP contribution in [0, 0.1) is 5.92 Å². The molecule has 17 heavy (non-hydrogen) atoms. The van der Waals surface area contributed by atoms with E-state index in [0.717, 1.165) is 25.9 Å². The lowest BCUT2D eigenvalue weighted by molar-refractivity contribution is -0.135. The Labute approximate surface area is 108 Å². The Morgan fingerprint density at radius 1 is 1.59 bits per heavy atom. The van der Waals surface area contributed by atoms with Gasteiger partial charge in [0.1, 0.15) is 0 Å². The van der Waals surface area contributed by atoms with E-state index in [0.29, 0.717) is 6.54 Å². The standard InChI is InChI=1S/C13H22N2OS/c1-3-15(10-12-7-5-9-17-12)13(16)11(2)6-4-8-14/h5,7,9,11H,3-4,6,8,10,14H2,1-2H3. The number of carbonyl (C=O) groups is 1. The molecular weight excluding hydrogens is 232 g/mol. The zero-order valence-corrected chi connectivity index (χ0v) is 11.5. The Bertz CT molecular complexity index is 324. The van der Waals surface area contributed by atoms with E-state index in [1.807, 2.05) is 30.2 Å². The molecule has 1 amide bonds. The van der Waals surface area contributed by atoms with Gasteiger partial charge in [0.25, 0.3) is 0 Å². The van der Waals surface area contributed by atoms with Crippen molar-refractivity contribution < 1.29 is 4.79 Å². The molecule has 0 saturated carbocycles. The van der Waals surface area contributed by atoms with E-state index in [1.54, 1.807) is 11.3 Å². The van der Waals surface area contributed by atoms with E-state index in [2.05, 4.69) is 6.07 Å². The van der Waals surface area contributed by atoms with Crippen molar-refractivity contribution in [2.45, 2.75) is 33.2 Å². The number of nitrogens with two attached hydrogens (primary N) is 1. The Balaban J connectivity index is 2.51. The first kappa shape index (κ1) is 14.2. The summed E-state index contributed by atoms with van der Waals surface area (Å²) in [5.74, 6) is 0.327. The minimum Gasteiger partial charge on any atom is -0.338 e. The molecule has 1 rings (SSSR count). The van der Waals surface area contributed by atoms with Crippen LogP contribution in [0.4, 0.5) is 0 Å². The van der Waals surface area contributed by atoms with Crippen molar-refractivity contribution in [2.24, 2.45) is 11.7 Å². The van der Waals surface area contributed by atoms with Crippen molar-refractivity contribution >= 4 is 17.2 Å². The number of amides is 1. The SMILES string of the molecule is CCN(Cc1cccs1)C(=O)C(C)CCCN. The molecule has 96 valence electrons. The molecule has 0 spiro atoms. The maximum Gasteiger partial charge on any atom is 0.225 e. The predicted molar refractivity (Wildman–Crippen MR) is 72.9 cm³/mol. The number of rotatable bonds is 7. The predicted octanol–water partition coefficient (Wildman–Crippen LogP) is 2.47. The van der Waals surface area contributed by atoms with Crippen LogP contribution in [-0.2, 0) is 11.3 Å². The molecule has 1 aromatic heterocycles. The summed E-state index contributed by atoms with van der Waals surface area (Å²) in [4.78, 5) is 15.4. The minimum atomic E-state index is 0.0819. The second-order valence-electron chi connectivity index (χ2n) is 4.26. The molecule has 1 aromatic rings. The second kappa shape index (κ2) is 7.45. The lowest BCUT2D eigenvalue weighted by Crippen LogP contribution is -2.34. The minimum absolute atomic E-state index is 0.0819. The van der Waals surface area contributed by atoms with Gasteiger partial charge in [0.05, 0.1) is 6.54 Å². The van der Waals surface area contributed by atoms with Gasteiger partial charge < -0.3 is 10.6 Å². The van der Waals surface area contributed by atoms with Gasteiger partial charge in [-0.05, 0) is 37.8 Å². The summed E-state index contributed by atoms with van der Waals surface area (Å²) in [6, 6.07) is 4.10. The summed E-state index contributed by atoms with van der Waals surface area (Å²) in [7, 11) is 0. The third-order valence-electron chi connectivity index (χ3n) is 2.88. The van der Waals surface area contributed by atoms with Crippen LogP contribution in [-0.4, -0.2) is 23.9 Å². The molecule has 4 heteroatoms. The van der Waals surface area contributed by atoms with Gasteiger partial charge in [-0.1, -0.05) is 13.0 Å². The van der Waals surface area contributed by atoms with E-state index in [9.17, 15) is 4.79 Å². The monoisotopic (exact) mass is 254 g/mol. The van der Waals surface area contributed by atoms with Crippen molar-refractivity contribution in [1.82, 2.24) is 4.90 Å². The van der Waals surface area contributed by atoms with Crippen LogP contribution in [0.1, 0.15) is 31.6 Å². The first-order valence-corrected chi connectivity index (χ1v) is 7.08. The number of thiophene rings is 1. The largest absolute Gasteiger partial charge is 0.338 e. The number of carbonyl (C=O) groups excluding carboxylic acids is 1. The highest BCUT2D eigenvalue weighted by molar-refractivity contribution is 7.09. The first-order chi connectivity index (χ1) is 8.19. The second-order valence-corrected chi connectivity index (χ2v) is 5.30. The van der Waals surface area contributed by atoms with Gasteiger partial charge in [-0.15, -0.1) is 11.3 Å². The molecule has 2 N–H and O–H groups in total. The average Bonchev–Trinajstić information content (AvgIpc) is 2.84. The van der Waals surface area contributed by atoms with E-state index >= 15 is 0 Å². The molecule has 1 unspecified atom stereocenters. The van der Waals surface area contributed by atoms with E-state index in [1.165, 1.54) is 4.88 Å². The summed E-state index contributed by atoms with van der Waals surface area (Å²) in [5, 5.41) is 2.05. The summed E-state index contributed by atoms with van der Waals surface area (Å²) in [6.07, 6.45) is 1.81. The topological polar surface area (TPSA) is 46.3 Å². The van der Waals surface area contributed by atoms with E-state index in [-0.39, 0.29) is 11.8 Å². The van der Waals surface area contributed by atoms with Gasteiger partial charge in [0.15, 0.2) is 0 Å². The van der Waals surface area contributed by atoms with Gasteiger partial charge in [0.2, 0.25) is 5.91 Å². The highest BCUT2D eigenvalue weighted by Gasteiger charge is 2.19. The molecule has 1 atom stereocenters. The van der Waals surface area contributed by atoms with Gasteiger partial charge in [-0.25, -0.2) is 0 Å². The normalized spacial score (nSPS) is 12.4. The maximum absolute atomic E-state index is 12.2. The van der Waals surface area contributed by atoms with Crippen LogP contribution < -0.4 is 5.73 Å². The smallest absolute Gasteiger partial charge is 0.225 e. The average molecular weight is 254 g/mol. The zero-order valence-electron chi connectivity index (χ0n) is 10.7. The van der Waals surface area contributed by atoms with Crippen LogP contribution >= 0.6 is 11.3 Å². The molecule has 0 aromatic carbocycles. The van der Waals surface area contributed by atoms with Gasteiger partial charge in [-0.3, -0.25) is 4.79 Å². The summed E-state index contributed by atoms with van der Waals surface area (Å²) >= 11 is 1.70. The summed E-state index contributed by atoms with van der Waals surface area (Å²) in [5.41, 5.74) is 5.47. The summed E-state index contributed by atoms with van der Waals surface area (Å²) < 4.78 is 0. The molecule has 0 fully saturated rings. The maximum atomic E-state index is 12.2. The highest BCUT2D eigenvalue weighted by Crippen LogP contribution is 2.15.